The maximum atomic E-state index is 4.45. The highest BCUT2D eigenvalue weighted by Gasteiger charge is 2.07. The lowest BCUT2D eigenvalue weighted by molar-refractivity contribution is 0.975. The first-order chi connectivity index (χ1) is 6.56. The first kappa shape index (κ1) is 10.7. The monoisotopic (exact) mass is 191 g/mol. The van der Waals surface area contributed by atoms with Crippen molar-refractivity contribution >= 4 is 11.9 Å². The molecule has 1 heterocycles. The number of anilines is 1. The largest absolute Gasteiger partial charge is 0.362 e. The number of aromatic nitrogens is 2. The molecule has 1 aromatic heterocycles. The van der Waals surface area contributed by atoms with E-state index in [9.17, 15) is 0 Å². The van der Waals surface area contributed by atoms with Crippen molar-refractivity contribution in [3.05, 3.63) is 23.2 Å². The lowest BCUT2D eigenvalue weighted by Crippen LogP contribution is -2.14. The van der Waals surface area contributed by atoms with Crippen molar-refractivity contribution in [2.24, 2.45) is 0 Å². The van der Waals surface area contributed by atoms with Crippen LogP contribution >= 0.6 is 0 Å². The molecule has 0 spiro atoms. The first-order valence-electron chi connectivity index (χ1n) is 4.71. The summed E-state index contributed by atoms with van der Waals surface area (Å²) < 4.78 is 0. The third-order valence-electron chi connectivity index (χ3n) is 2.12. The average molecular weight is 191 g/mol. The molecule has 1 aromatic rings. The van der Waals surface area contributed by atoms with Crippen molar-refractivity contribution in [2.45, 2.75) is 20.8 Å². The van der Waals surface area contributed by atoms with Gasteiger partial charge in [0.2, 0.25) is 0 Å². The molecule has 0 amide bonds. The van der Waals surface area contributed by atoms with Crippen molar-refractivity contribution in [1.82, 2.24) is 9.97 Å². The fraction of sp³-hybridized carbons (Fsp3) is 0.455. The van der Waals surface area contributed by atoms with Crippen molar-refractivity contribution in [3.8, 4) is 0 Å². The van der Waals surface area contributed by atoms with E-state index in [1.807, 2.05) is 51.9 Å². The van der Waals surface area contributed by atoms with Crippen molar-refractivity contribution in [2.75, 3.05) is 19.0 Å². The van der Waals surface area contributed by atoms with Gasteiger partial charge in [0.05, 0.1) is 0 Å². The minimum Gasteiger partial charge on any atom is -0.362 e. The van der Waals surface area contributed by atoms with Gasteiger partial charge >= 0.3 is 0 Å². The van der Waals surface area contributed by atoms with Crippen LogP contribution in [0.2, 0.25) is 0 Å². The van der Waals surface area contributed by atoms with E-state index in [-0.39, 0.29) is 0 Å². The molecule has 0 N–H and O–H groups in total. The Kier molecular flexibility index (Phi) is 3.23. The van der Waals surface area contributed by atoms with Crippen molar-refractivity contribution in [3.63, 3.8) is 0 Å². The Bertz CT molecular complexity index is 354. The molecule has 0 aromatic carbocycles. The van der Waals surface area contributed by atoms with Crippen molar-refractivity contribution < 1.29 is 0 Å². The zero-order chi connectivity index (χ0) is 10.7. The molecule has 0 unspecified atom stereocenters. The molecule has 0 fully saturated rings. The molecule has 0 saturated carbocycles. The Morgan fingerprint density at radius 2 is 1.79 bits per heavy atom. The van der Waals surface area contributed by atoms with Gasteiger partial charge in [-0.15, -0.1) is 0 Å². The summed E-state index contributed by atoms with van der Waals surface area (Å²) in [5.74, 6) is 1.77. The zero-order valence-corrected chi connectivity index (χ0v) is 9.50. The van der Waals surface area contributed by atoms with Crippen LogP contribution in [-0.2, 0) is 0 Å². The smallest absolute Gasteiger partial charge is 0.154 e. The van der Waals surface area contributed by atoms with Crippen LogP contribution in [0, 0.1) is 13.8 Å². The SMILES string of the molecule is C/C=C/c1nc(C)c(C)c(N(C)C)n1. The summed E-state index contributed by atoms with van der Waals surface area (Å²) in [6, 6.07) is 0. The maximum Gasteiger partial charge on any atom is 0.154 e. The molecule has 0 saturated heterocycles. The zero-order valence-electron chi connectivity index (χ0n) is 9.50. The van der Waals surface area contributed by atoms with Gasteiger partial charge in [0.25, 0.3) is 0 Å². The lowest BCUT2D eigenvalue weighted by atomic mass is 10.2. The van der Waals surface area contributed by atoms with Crippen LogP contribution in [0.4, 0.5) is 5.82 Å². The van der Waals surface area contributed by atoms with Crippen molar-refractivity contribution in [1.29, 1.82) is 0 Å². The quantitative estimate of drug-likeness (QED) is 0.717. The van der Waals surface area contributed by atoms with Crippen LogP contribution in [-0.4, -0.2) is 24.1 Å². The Morgan fingerprint density at radius 3 is 2.29 bits per heavy atom. The van der Waals surface area contributed by atoms with Gasteiger partial charge in [-0.3, -0.25) is 0 Å². The molecule has 3 nitrogen and oxygen atoms in total. The van der Waals surface area contributed by atoms with Gasteiger partial charge in [-0.05, 0) is 26.8 Å². The van der Waals surface area contributed by atoms with E-state index in [4.69, 9.17) is 0 Å². The fourth-order valence-electron chi connectivity index (χ4n) is 1.29. The summed E-state index contributed by atoms with van der Waals surface area (Å²) in [5.41, 5.74) is 2.18. The minimum atomic E-state index is 0.777. The summed E-state index contributed by atoms with van der Waals surface area (Å²) in [5, 5.41) is 0. The second kappa shape index (κ2) is 4.22. The fourth-order valence-corrected chi connectivity index (χ4v) is 1.29. The van der Waals surface area contributed by atoms with E-state index in [1.54, 1.807) is 0 Å². The maximum absolute atomic E-state index is 4.45. The standard InChI is InChI=1S/C11H17N3/c1-6-7-10-12-9(3)8(2)11(13-10)14(4)5/h6-7H,1-5H3/b7-6+. The van der Waals surface area contributed by atoms with Gasteiger partial charge in [0.1, 0.15) is 5.82 Å². The highest BCUT2D eigenvalue weighted by atomic mass is 15.2. The van der Waals surface area contributed by atoms with Gasteiger partial charge in [-0.25, -0.2) is 9.97 Å². The molecule has 3 heteroatoms. The third kappa shape index (κ3) is 2.10. The van der Waals surface area contributed by atoms with Gasteiger partial charge < -0.3 is 4.90 Å². The normalized spacial score (nSPS) is 10.9. The topological polar surface area (TPSA) is 29.0 Å². The summed E-state index contributed by atoms with van der Waals surface area (Å²) in [6.07, 6.45) is 3.86. The van der Waals surface area contributed by atoms with Crippen LogP contribution in [0.3, 0.4) is 0 Å². The Balaban J connectivity index is 3.28. The molecule has 14 heavy (non-hydrogen) atoms. The van der Waals surface area contributed by atoms with Crippen LogP contribution in [0.1, 0.15) is 24.0 Å². The van der Waals surface area contributed by atoms with E-state index in [1.165, 1.54) is 0 Å². The second-order valence-corrected chi connectivity index (χ2v) is 3.51. The summed E-state index contributed by atoms with van der Waals surface area (Å²) in [4.78, 5) is 10.8. The number of nitrogens with zero attached hydrogens (tertiary/aromatic N) is 3. The highest BCUT2D eigenvalue weighted by molar-refractivity contribution is 5.51. The predicted octanol–water partition coefficient (Wildman–Crippen LogP) is 2.19. The van der Waals surface area contributed by atoms with Crippen LogP contribution < -0.4 is 4.90 Å². The van der Waals surface area contributed by atoms with Crippen LogP contribution in [0.15, 0.2) is 6.08 Å². The van der Waals surface area contributed by atoms with Crippen LogP contribution in [0.25, 0.3) is 6.08 Å². The molecule has 0 bridgehead atoms. The summed E-state index contributed by atoms with van der Waals surface area (Å²) >= 11 is 0. The molecule has 1 rings (SSSR count). The number of hydrogen-bond acceptors (Lipinski definition) is 3. The van der Waals surface area contributed by atoms with Crippen LogP contribution in [0.5, 0.6) is 0 Å². The molecular weight excluding hydrogens is 174 g/mol. The number of hydrogen-bond donors (Lipinski definition) is 0. The average Bonchev–Trinajstić information content (AvgIpc) is 2.11. The molecule has 0 aliphatic heterocycles. The Hall–Kier alpha value is -1.38. The Labute approximate surface area is 85.5 Å². The van der Waals surface area contributed by atoms with E-state index < -0.39 is 0 Å². The molecular formula is C11H17N3. The molecule has 0 radical (unpaired) electrons. The van der Waals surface area contributed by atoms with Gasteiger partial charge in [0.15, 0.2) is 5.82 Å². The minimum absolute atomic E-state index is 0.777. The number of aryl methyl sites for hydroxylation is 1. The molecule has 76 valence electrons. The van der Waals surface area contributed by atoms with E-state index >= 15 is 0 Å². The van der Waals surface area contributed by atoms with E-state index in [0.29, 0.717) is 0 Å². The number of rotatable bonds is 2. The van der Waals surface area contributed by atoms with Gasteiger partial charge in [0, 0.05) is 25.4 Å². The number of allylic oxidation sites excluding steroid dienone is 1. The molecule has 0 atom stereocenters. The summed E-state index contributed by atoms with van der Waals surface area (Å²) in [7, 11) is 3.99. The molecule has 0 aliphatic rings. The molecule has 0 aliphatic carbocycles. The predicted molar refractivity (Wildman–Crippen MR) is 60.5 cm³/mol. The van der Waals surface area contributed by atoms with E-state index in [2.05, 4.69) is 9.97 Å². The van der Waals surface area contributed by atoms with Gasteiger partial charge in [-0.2, -0.15) is 0 Å². The third-order valence-corrected chi connectivity index (χ3v) is 2.12. The first-order valence-corrected chi connectivity index (χ1v) is 4.71. The lowest BCUT2D eigenvalue weighted by Gasteiger charge is -2.15. The Morgan fingerprint density at radius 1 is 1.14 bits per heavy atom. The van der Waals surface area contributed by atoms with E-state index in [0.717, 1.165) is 22.9 Å². The summed E-state index contributed by atoms with van der Waals surface area (Å²) in [6.45, 7) is 6.02. The second-order valence-electron chi connectivity index (χ2n) is 3.51. The highest BCUT2D eigenvalue weighted by Crippen LogP contribution is 2.17. The van der Waals surface area contributed by atoms with Gasteiger partial charge in [-0.1, -0.05) is 6.08 Å².